The Morgan fingerprint density at radius 1 is 1.54 bits per heavy atom. The molecule has 0 bridgehead atoms. The zero-order valence-electron chi connectivity index (χ0n) is 6.87. The van der Waals surface area contributed by atoms with Crippen molar-refractivity contribution in [3.63, 3.8) is 0 Å². The predicted octanol–water partition coefficient (Wildman–Crippen LogP) is 3.21. The molecule has 0 aliphatic rings. The lowest BCUT2D eigenvalue weighted by atomic mass is 10.4. The minimum absolute atomic E-state index is 0.724. The normalized spacial score (nSPS) is 10.3. The fourth-order valence-electron chi connectivity index (χ4n) is 0.954. The first-order chi connectivity index (χ1) is 6.29. The van der Waals surface area contributed by atoms with Gasteiger partial charge in [0.1, 0.15) is 5.69 Å². The summed E-state index contributed by atoms with van der Waals surface area (Å²) < 4.78 is 6.08. The molecule has 0 unspecified atom stereocenters. The molecule has 2 heterocycles. The summed E-state index contributed by atoms with van der Waals surface area (Å²) in [6.45, 7) is 0. The molecule has 3 nitrogen and oxygen atoms in total. The molecule has 0 spiro atoms. The number of rotatable bonds is 2. The zero-order chi connectivity index (χ0) is 9.26. The summed E-state index contributed by atoms with van der Waals surface area (Å²) in [6.07, 6.45) is 0. The molecule has 68 valence electrons. The molecule has 2 rings (SSSR count). The molecule has 2 aromatic rings. The van der Waals surface area contributed by atoms with Gasteiger partial charge in [0, 0.05) is 12.4 Å². The first-order valence-electron chi connectivity index (χ1n) is 3.68. The Kier molecular flexibility index (Phi) is 2.37. The van der Waals surface area contributed by atoms with Gasteiger partial charge in [0.2, 0.25) is 0 Å². The van der Waals surface area contributed by atoms with Gasteiger partial charge < -0.3 is 9.73 Å². The van der Waals surface area contributed by atoms with Crippen molar-refractivity contribution in [3.05, 3.63) is 22.2 Å². The van der Waals surface area contributed by atoms with Crippen molar-refractivity contribution in [2.75, 3.05) is 12.4 Å². The van der Waals surface area contributed by atoms with Crippen LogP contribution in [0.4, 0.5) is 5.13 Å². The first kappa shape index (κ1) is 8.77. The fourth-order valence-corrected chi connectivity index (χ4v) is 1.92. The molecule has 0 radical (unpaired) electrons. The van der Waals surface area contributed by atoms with Gasteiger partial charge in [-0.05, 0) is 28.1 Å². The van der Waals surface area contributed by atoms with Crippen LogP contribution in [0, 0.1) is 0 Å². The van der Waals surface area contributed by atoms with E-state index >= 15 is 0 Å². The van der Waals surface area contributed by atoms with Crippen molar-refractivity contribution in [1.82, 2.24) is 4.98 Å². The third-order valence-electron chi connectivity index (χ3n) is 1.54. The summed E-state index contributed by atoms with van der Waals surface area (Å²) in [6, 6.07) is 3.74. The van der Waals surface area contributed by atoms with Gasteiger partial charge >= 0.3 is 0 Å². The Balaban J connectivity index is 2.35. The van der Waals surface area contributed by atoms with Gasteiger partial charge in [0.25, 0.3) is 0 Å². The maximum atomic E-state index is 5.36. The lowest BCUT2D eigenvalue weighted by molar-refractivity contribution is 0.554. The second-order valence-electron chi connectivity index (χ2n) is 2.39. The van der Waals surface area contributed by atoms with Crippen LogP contribution in [0.25, 0.3) is 11.5 Å². The van der Waals surface area contributed by atoms with Crippen LogP contribution in [0.2, 0.25) is 0 Å². The van der Waals surface area contributed by atoms with Crippen molar-refractivity contribution >= 4 is 32.4 Å². The molecule has 0 aromatic carbocycles. The SMILES string of the molecule is CNc1nc(-c2ccc(Br)o2)cs1. The van der Waals surface area contributed by atoms with Gasteiger partial charge in [-0.25, -0.2) is 4.98 Å². The summed E-state index contributed by atoms with van der Waals surface area (Å²) >= 11 is 4.80. The van der Waals surface area contributed by atoms with E-state index in [9.17, 15) is 0 Å². The Hall–Kier alpha value is -0.810. The quantitative estimate of drug-likeness (QED) is 0.899. The monoisotopic (exact) mass is 258 g/mol. The van der Waals surface area contributed by atoms with Crippen LogP contribution in [0.5, 0.6) is 0 Å². The third kappa shape index (κ3) is 1.76. The summed E-state index contributed by atoms with van der Waals surface area (Å²) in [5.41, 5.74) is 0.861. The van der Waals surface area contributed by atoms with Gasteiger partial charge in [0.15, 0.2) is 15.6 Å². The van der Waals surface area contributed by atoms with E-state index in [1.165, 1.54) is 0 Å². The summed E-state index contributed by atoms with van der Waals surface area (Å²) in [7, 11) is 1.85. The van der Waals surface area contributed by atoms with Crippen LogP contribution in [-0.2, 0) is 0 Å². The van der Waals surface area contributed by atoms with Crippen LogP contribution < -0.4 is 5.32 Å². The Morgan fingerprint density at radius 3 is 2.92 bits per heavy atom. The molecule has 0 saturated carbocycles. The smallest absolute Gasteiger partial charge is 0.183 e. The molecule has 0 aliphatic carbocycles. The van der Waals surface area contributed by atoms with Crippen molar-refractivity contribution in [2.24, 2.45) is 0 Å². The van der Waals surface area contributed by atoms with E-state index < -0.39 is 0 Å². The number of hydrogen-bond acceptors (Lipinski definition) is 4. The molecular weight excluding hydrogens is 252 g/mol. The number of thiazole rings is 1. The topological polar surface area (TPSA) is 38.1 Å². The first-order valence-corrected chi connectivity index (χ1v) is 5.36. The molecule has 0 fully saturated rings. The van der Waals surface area contributed by atoms with Crippen molar-refractivity contribution in [2.45, 2.75) is 0 Å². The highest BCUT2D eigenvalue weighted by Crippen LogP contribution is 2.27. The number of halogens is 1. The summed E-state index contributed by atoms with van der Waals surface area (Å²) in [5.74, 6) is 0.782. The van der Waals surface area contributed by atoms with E-state index in [1.54, 1.807) is 11.3 Å². The van der Waals surface area contributed by atoms with Crippen LogP contribution in [0.1, 0.15) is 0 Å². The zero-order valence-corrected chi connectivity index (χ0v) is 9.28. The number of hydrogen-bond donors (Lipinski definition) is 1. The largest absolute Gasteiger partial charge is 0.448 e. The molecule has 13 heavy (non-hydrogen) atoms. The van der Waals surface area contributed by atoms with Crippen molar-refractivity contribution in [1.29, 1.82) is 0 Å². The highest BCUT2D eigenvalue weighted by Gasteiger charge is 2.06. The Labute approximate surface area is 87.9 Å². The maximum absolute atomic E-state index is 5.36. The summed E-state index contributed by atoms with van der Waals surface area (Å²) in [5, 5.41) is 5.82. The van der Waals surface area contributed by atoms with Gasteiger partial charge in [-0.2, -0.15) is 0 Å². The molecule has 0 amide bonds. The molecule has 2 aromatic heterocycles. The maximum Gasteiger partial charge on any atom is 0.183 e. The number of anilines is 1. The molecule has 0 aliphatic heterocycles. The molecule has 0 atom stereocenters. The highest BCUT2D eigenvalue weighted by atomic mass is 79.9. The minimum atomic E-state index is 0.724. The number of nitrogens with zero attached hydrogens (tertiary/aromatic N) is 1. The second-order valence-corrected chi connectivity index (χ2v) is 4.03. The summed E-state index contributed by atoms with van der Waals surface area (Å²) in [4.78, 5) is 4.31. The van der Waals surface area contributed by atoms with Gasteiger partial charge in [-0.15, -0.1) is 11.3 Å². The van der Waals surface area contributed by atoms with Crippen LogP contribution in [0.15, 0.2) is 26.6 Å². The lowest BCUT2D eigenvalue weighted by Crippen LogP contribution is -1.85. The van der Waals surface area contributed by atoms with E-state index in [4.69, 9.17) is 4.42 Å². The number of aromatic nitrogens is 1. The lowest BCUT2D eigenvalue weighted by Gasteiger charge is -1.89. The van der Waals surface area contributed by atoms with E-state index in [0.717, 1.165) is 21.3 Å². The number of furan rings is 1. The van der Waals surface area contributed by atoms with Crippen molar-refractivity contribution in [3.8, 4) is 11.5 Å². The van der Waals surface area contributed by atoms with E-state index in [2.05, 4.69) is 26.2 Å². The second kappa shape index (κ2) is 3.51. The van der Waals surface area contributed by atoms with E-state index in [1.807, 2.05) is 24.6 Å². The van der Waals surface area contributed by atoms with Crippen LogP contribution in [0.3, 0.4) is 0 Å². The van der Waals surface area contributed by atoms with Crippen LogP contribution in [-0.4, -0.2) is 12.0 Å². The fraction of sp³-hybridized carbons (Fsp3) is 0.125. The number of nitrogens with one attached hydrogen (secondary N) is 1. The standard InChI is InChI=1S/C8H7BrN2OS/c1-10-8-11-5(4-13-8)6-2-3-7(9)12-6/h2-4H,1H3,(H,10,11). The molecule has 0 saturated heterocycles. The Morgan fingerprint density at radius 2 is 2.38 bits per heavy atom. The average molecular weight is 259 g/mol. The third-order valence-corrected chi connectivity index (χ3v) is 2.83. The van der Waals surface area contributed by atoms with E-state index in [-0.39, 0.29) is 0 Å². The van der Waals surface area contributed by atoms with E-state index in [0.29, 0.717) is 0 Å². The van der Waals surface area contributed by atoms with Gasteiger partial charge in [-0.1, -0.05) is 0 Å². The average Bonchev–Trinajstić information content (AvgIpc) is 2.71. The minimum Gasteiger partial charge on any atom is -0.448 e. The van der Waals surface area contributed by atoms with Gasteiger partial charge in [0.05, 0.1) is 0 Å². The molecular formula is C8H7BrN2OS. The highest BCUT2D eigenvalue weighted by molar-refractivity contribution is 9.10. The Bertz CT molecular complexity index is 410. The predicted molar refractivity (Wildman–Crippen MR) is 57.1 cm³/mol. The van der Waals surface area contributed by atoms with Gasteiger partial charge in [-0.3, -0.25) is 0 Å². The van der Waals surface area contributed by atoms with Crippen LogP contribution >= 0.6 is 27.3 Å². The molecule has 5 heteroatoms. The van der Waals surface area contributed by atoms with Crippen molar-refractivity contribution < 1.29 is 4.42 Å². The molecule has 1 N–H and O–H groups in total.